The molecule has 56 heavy (non-hydrogen) atoms. The molecular formula is C52H38N4. The SMILES string of the molecule is C1=CC2c3ccccc3N(c3cc(-c4cc(-c5ccccc5-c5ccccc5)nc(C5=CCCC=C5)n4)cc(-n4c5ccccc5c5ccccc54)c3)C2C=C1. The molecule has 3 heterocycles. The van der Waals surface area contributed by atoms with Gasteiger partial charge in [0.2, 0.25) is 0 Å². The zero-order valence-corrected chi connectivity index (χ0v) is 30.8. The maximum absolute atomic E-state index is 5.41. The van der Waals surface area contributed by atoms with Gasteiger partial charge in [0.05, 0.1) is 28.5 Å². The van der Waals surface area contributed by atoms with Gasteiger partial charge < -0.3 is 9.47 Å². The predicted octanol–water partition coefficient (Wildman–Crippen LogP) is 13.0. The van der Waals surface area contributed by atoms with E-state index in [1.807, 2.05) is 0 Å². The lowest BCUT2D eigenvalue weighted by Crippen LogP contribution is -2.28. The predicted molar refractivity (Wildman–Crippen MR) is 232 cm³/mol. The maximum atomic E-state index is 5.41. The molecule has 266 valence electrons. The highest BCUT2D eigenvalue weighted by molar-refractivity contribution is 6.09. The highest BCUT2D eigenvalue weighted by atomic mass is 15.2. The molecule has 2 unspecified atom stereocenters. The van der Waals surface area contributed by atoms with E-state index in [1.54, 1.807) is 0 Å². The first kappa shape index (κ1) is 32.4. The monoisotopic (exact) mass is 718 g/mol. The van der Waals surface area contributed by atoms with Gasteiger partial charge in [0.25, 0.3) is 0 Å². The van der Waals surface area contributed by atoms with E-state index >= 15 is 0 Å². The summed E-state index contributed by atoms with van der Waals surface area (Å²) >= 11 is 0. The Balaban J connectivity index is 1.19. The van der Waals surface area contributed by atoms with Gasteiger partial charge in [-0.05, 0) is 72.0 Å². The number of allylic oxidation sites excluding steroid dienone is 6. The third-order valence-corrected chi connectivity index (χ3v) is 11.5. The van der Waals surface area contributed by atoms with Crippen LogP contribution in [-0.2, 0) is 0 Å². The van der Waals surface area contributed by atoms with Crippen LogP contribution in [0, 0.1) is 0 Å². The molecular weight excluding hydrogens is 681 g/mol. The zero-order valence-electron chi connectivity index (χ0n) is 30.8. The highest BCUT2D eigenvalue weighted by Crippen LogP contribution is 2.49. The van der Waals surface area contributed by atoms with E-state index in [4.69, 9.17) is 9.97 Å². The molecule has 0 amide bonds. The van der Waals surface area contributed by atoms with Gasteiger partial charge in [-0.15, -0.1) is 0 Å². The van der Waals surface area contributed by atoms with Crippen LogP contribution in [-0.4, -0.2) is 20.6 Å². The van der Waals surface area contributed by atoms with Crippen molar-refractivity contribution in [3.8, 4) is 39.3 Å². The molecule has 2 aliphatic carbocycles. The molecule has 6 aromatic carbocycles. The van der Waals surface area contributed by atoms with Crippen LogP contribution in [0.15, 0.2) is 194 Å². The molecule has 0 N–H and O–H groups in total. The fourth-order valence-electron chi connectivity index (χ4n) is 9.02. The number of benzene rings is 6. The van der Waals surface area contributed by atoms with Gasteiger partial charge in [0, 0.05) is 50.5 Å². The molecule has 0 bridgehead atoms. The van der Waals surface area contributed by atoms with Gasteiger partial charge in [-0.25, -0.2) is 9.97 Å². The molecule has 0 spiro atoms. The number of fused-ring (bicyclic) bond motifs is 6. The fourth-order valence-corrected chi connectivity index (χ4v) is 9.02. The Morgan fingerprint density at radius 2 is 1.21 bits per heavy atom. The Morgan fingerprint density at radius 3 is 2.02 bits per heavy atom. The lowest BCUT2D eigenvalue weighted by atomic mass is 9.91. The Morgan fingerprint density at radius 1 is 0.536 bits per heavy atom. The molecule has 2 atom stereocenters. The number of aromatic nitrogens is 3. The minimum Gasteiger partial charge on any atom is -0.333 e. The number of anilines is 2. The Hall–Kier alpha value is -7.04. The van der Waals surface area contributed by atoms with Gasteiger partial charge in [0.1, 0.15) is 0 Å². The summed E-state index contributed by atoms with van der Waals surface area (Å²) in [6.07, 6.45) is 17.8. The minimum absolute atomic E-state index is 0.158. The summed E-state index contributed by atoms with van der Waals surface area (Å²) in [6.45, 7) is 0. The van der Waals surface area contributed by atoms with E-state index in [0.717, 1.165) is 69.3 Å². The van der Waals surface area contributed by atoms with Gasteiger partial charge in [0.15, 0.2) is 5.82 Å². The normalized spacial score (nSPS) is 17.0. The third kappa shape index (κ3) is 5.37. The van der Waals surface area contributed by atoms with Crippen molar-refractivity contribution in [2.45, 2.75) is 24.8 Å². The van der Waals surface area contributed by atoms with Crippen LogP contribution in [0.3, 0.4) is 0 Å². The average Bonchev–Trinajstić information content (AvgIpc) is 3.80. The van der Waals surface area contributed by atoms with Crippen LogP contribution in [0.5, 0.6) is 0 Å². The molecule has 0 radical (unpaired) electrons. The van der Waals surface area contributed by atoms with Crippen molar-refractivity contribution >= 4 is 38.8 Å². The van der Waals surface area contributed by atoms with Gasteiger partial charge in [-0.2, -0.15) is 0 Å². The summed E-state index contributed by atoms with van der Waals surface area (Å²) in [5.41, 5.74) is 14.4. The highest BCUT2D eigenvalue weighted by Gasteiger charge is 2.37. The molecule has 0 fully saturated rings. The van der Waals surface area contributed by atoms with E-state index in [2.05, 4.69) is 204 Å². The van der Waals surface area contributed by atoms with Gasteiger partial charge in [-0.3, -0.25) is 0 Å². The van der Waals surface area contributed by atoms with Crippen molar-refractivity contribution < 1.29 is 0 Å². The smallest absolute Gasteiger partial charge is 0.160 e. The van der Waals surface area contributed by atoms with Crippen LogP contribution >= 0.6 is 0 Å². The Labute approximate surface area is 326 Å². The number of rotatable bonds is 6. The lowest BCUT2D eigenvalue weighted by molar-refractivity contribution is 0.744. The van der Waals surface area contributed by atoms with E-state index in [1.165, 1.54) is 33.1 Å². The Bertz CT molecular complexity index is 2890. The average molecular weight is 719 g/mol. The van der Waals surface area contributed by atoms with E-state index < -0.39 is 0 Å². The zero-order chi connectivity index (χ0) is 37.0. The maximum Gasteiger partial charge on any atom is 0.160 e. The second kappa shape index (κ2) is 13.4. The number of hydrogen-bond acceptors (Lipinski definition) is 3. The topological polar surface area (TPSA) is 34.0 Å². The molecule has 0 saturated heterocycles. The summed E-state index contributed by atoms with van der Waals surface area (Å²) in [6, 6.07) is 55.0. The molecule has 1 aliphatic heterocycles. The van der Waals surface area contributed by atoms with Gasteiger partial charge >= 0.3 is 0 Å². The Kier molecular flexibility index (Phi) is 7.73. The van der Waals surface area contributed by atoms with Crippen molar-refractivity contribution in [1.29, 1.82) is 0 Å². The third-order valence-electron chi connectivity index (χ3n) is 11.5. The van der Waals surface area contributed by atoms with Crippen LogP contribution in [0.4, 0.5) is 11.4 Å². The largest absolute Gasteiger partial charge is 0.333 e. The first-order valence-electron chi connectivity index (χ1n) is 19.6. The fraction of sp³-hybridized carbons (Fsp3) is 0.0769. The second-order valence-electron chi connectivity index (χ2n) is 14.8. The van der Waals surface area contributed by atoms with Gasteiger partial charge in [-0.1, -0.05) is 152 Å². The number of para-hydroxylation sites is 3. The van der Waals surface area contributed by atoms with Crippen LogP contribution in [0.25, 0.3) is 66.7 Å². The molecule has 11 rings (SSSR count). The summed E-state index contributed by atoms with van der Waals surface area (Å²) < 4.78 is 2.42. The van der Waals surface area contributed by atoms with Crippen molar-refractivity contribution in [2.24, 2.45) is 0 Å². The number of nitrogens with zero attached hydrogens (tertiary/aromatic N) is 4. The minimum atomic E-state index is 0.158. The van der Waals surface area contributed by atoms with Crippen molar-refractivity contribution in [3.05, 3.63) is 206 Å². The summed E-state index contributed by atoms with van der Waals surface area (Å²) in [5, 5.41) is 2.48. The molecule has 4 nitrogen and oxygen atoms in total. The first-order valence-corrected chi connectivity index (χ1v) is 19.6. The van der Waals surface area contributed by atoms with E-state index in [9.17, 15) is 0 Å². The van der Waals surface area contributed by atoms with E-state index in [-0.39, 0.29) is 12.0 Å². The van der Waals surface area contributed by atoms with E-state index in [0.29, 0.717) is 0 Å². The van der Waals surface area contributed by atoms with Crippen molar-refractivity contribution in [1.82, 2.24) is 14.5 Å². The van der Waals surface area contributed by atoms with Crippen LogP contribution in [0.1, 0.15) is 30.1 Å². The molecule has 0 saturated carbocycles. The first-order chi connectivity index (χ1) is 27.8. The molecule has 4 heteroatoms. The second-order valence-corrected chi connectivity index (χ2v) is 14.8. The molecule has 3 aliphatic rings. The van der Waals surface area contributed by atoms with Crippen LogP contribution in [0.2, 0.25) is 0 Å². The summed E-state index contributed by atoms with van der Waals surface area (Å²) in [7, 11) is 0. The van der Waals surface area contributed by atoms with Crippen LogP contribution < -0.4 is 4.90 Å². The molecule has 2 aromatic heterocycles. The lowest BCUT2D eigenvalue weighted by Gasteiger charge is -2.29. The summed E-state index contributed by atoms with van der Waals surface area (Å²) in [5.74, 6) is 1.01. The quantitative estimate of drug-likeness (QED) is 0.172. The molecule has 8 aromatic rings. The summed E-state index contributed by atoms with van der Waals surface area (Å²) in [4.78, 5) is 13.3. The van der Waals surface area contributed by atoms with Crippen molar-refractivity contribution in [3.63, 3.8) is 0 Å². The van der Waals surface area contributed by atoms with Crippen molar-refractivity contribution in [2.75, 3.05) is 4.90 Å². The standard InChI is InChI=1S/C52H38N4/c1-3-17-35(18-4-1)40-21-7-8-22-41(40)47-34-46(53-52(54-47)36-19-5-2-6-20-36)37-31-38(55-48-27-13-9-23-42(48)43-24-10-14-28-49(43)55)33-39(32-37)56-50-29-15-11-25-44(50)45-26-12-16-30-51(45)56/h1,3-5,7-34,42,48H,2,6H2. The number of hydrogen-bond donors (Lipinski definition) is 0.